The van der Waals surface area contributed by atoms with Crippen LogP contribution < -0.4 is 16.2 Å². The third-order valence-corrected chi connectivity index (χ3v) is 2.48. The average Bonchev–Trinajstić information content (AvgIpc) is 2.25. The molecule has 0 aromatic heterocycles. The van der Waals surface area contributed by atoms with Gasteiger partial charge < -0.3 is 16.2 Å². The first-order valence-corrected chi connectivity index (χ1v) is 5.83. The Kier molecular flexibility index (Phi) is 4.82. The minimum Gasteiger partial charge on any atom is -0.491 e. The van der Waals surface area contributed by atoms with Crippen LogP contribution in [0.3, 0.4) is 0 Å². The number of benzene rings is 1. The summed E-state index contributed by atoms with van der Waals surface area (Å²) in [4.78, 5) is 11.2. The van der Waals surface area contributed by atoms with E-state index in [0.717, 1.165) is 12.8 Å². The van der Waals surface area contributed by atoms with Gasteiger partial charge in [-0.3, -0.25) is 4.79 Å². The van der Waals surface area contributed by atoms with Crippen molar-refractivity contribution in [3.63, 3.8) is 0 Å². The molecule has 0 spiro atoms. The monoisotopic (exact) mass is 236 g/mol. The van der Waals surface area contributed by atoms with Gasteiger partial charge in [-0.15, -0.1) is 0 Å². The molecular formula is C13H20N2O2. The fourth-order valence-corrected chi connectivity index (χ4v) is 1.58. The van der Waals surface area contributed by atoms with E-state index in [0.29, 0.717) is 29.5 Å². The molecule has 0 unspecified atom stereocenters. The van der Waals surface area contributed by atoms with Gasteiger partial charge in [0.25, 0.3) is 5.91 Å². The first-order chi connectivity index (χ1) is 8.02. The van der Waals surface area contributed by atoms with Gasteiger partial charge in [-0.25, -0.2) is 0 Å². The fourth-order valence-electron chi connectivity index (χ4n) is 1.58. The lowest BCUT2D eigenvalue weighted by molar-refractivity contribution is 0.0996. The van der Waals surface area contributed by atoms with E-state index in [4.69, 9.17) is 16.2 Å². The van der Waals surface area contributed by atoms with Crippen molar-refractivity contribution in [1.29, 1.82) is 0 Å². The Balaban J connectivity index is 2.66. The van der Waals surface area contributed by atoms with Crippen molar-refractivity contribution < 1.29 is 9.53 Å². The molecule has 0 heterocycles. The van der Waals surface area contributed by atoms with Crippen LogP contribution in [0.15, 0.2) is 18.2 Å². The van der Waals surface area contributed by atoms with Crippen molar-refractivity contribution in [3.05, 3.63) is 23.8 Å². The van der Waals surface area contributed by atoms with Crippen molar-refractivity contribution in [2.75, 3.05) is 12.3 Å². The molecule has 0 aliphatic heterocycles. The number of rotatable bonds is 6. The van der Waals surface area contributed by atoms with E-state index >= 15 is 0 Å². The van der Waals surface area contributed by atoms with Gasteiger partial charge in [0.2, 0.25) is 0 Å². The van der Waals surface area contributed by atoms with Gasteiger partial charge in [0.1, 0.15) is 0 Å². The summed E-state index contributed by atoms with van der Waals surface area (Å²) in [6.45, 7) is 4.87. The van der Waals surface area contributed by atoms with Gasteiger partial charge in [0, 0.05) is 0 Å². The molecule has 0 bridgehead atoms. The summed E-state index contributed by atoms with van der Waals surface area (Å²) in [5.41, 5.74) is 11.8. The average molecular weight is 236 g/mol. The largest absolute Gasteiger partial charge is 0.491 e. The van der Waals surface area contributed by atoms with Crippen molar-refractivity contribution in [1.82, 2.24) is 0 Å². The van der Waals surface area contributed by atoms with Crippen LogP contribution in [0.1, 0.15) is 37.0 Å². The molecule has 17 heavy (non-hydrogen) atoms. The van der Waals surface area contributed by atoms with Crippen molar-refractivity contribution in [2.45, 2.75) is 26.7 Å². The topological polar surface area (TPSA) is 78.3 Å². The summed E-state index contributed by atoms with van der Waals surface area (Å²) >= 11 is 0. The number of nitrogens with two attached hydrogens (primary N) is 2. The maximum absolute atomic E-state index is 11.2. The maximum Gasteiger partial charge on any atom is 0.252 e. The summed E-state index contributed by atoms with van der Waals surface area (Å²) in [6, 6.07) is 5.01. The molecule has 4 nitrogen and oxygen atoms in total. The molecule has 0 saturated heterocycles. The molecule has 0 aliphatic carbocycles. The molecule has 4 heteroatoms. The van der Waals surface area contributed by atoms with Gasteiger partial charge in [-0.1, -0.05) is 19.9 Å². The molecule has 94 valence electrons. The minimum absolute atomic E-state index is 0.342. The van der Waals surface area contributed by atoms with Crippen LogP contribution in [0.4, 0.5) is 5.69 Å². The molecule has 0 aliphatic rings. The van der Waals surface area contributed by atoms with Crippen molar-refractivity contribution in [2.24, 2.45) is 11.7 Å². The Labute approximate surface area is 102 Å². The van der Waals surface area contributed by atoms with Gasteiger partial charge in [-0.2, -0.15) is 0 Å². The number of nitrogen functional groups attached to an aromatic ring is 1. The van der Waals surface area contributed by atoms with E-state index in [9.17, 15) is 4.79 Å². The molecule has 0 atom stereocenters. The van der Waals surface area contributed by atoms with Gasteiger partial charge in [-0.05, 0) is 30.9 Å². The second-order valence-corrected chi connectivity index (χ2v) is 4.47. The highest BCUT2D eigenvalue weighted by atomic mass is 16.5. The van der Waals surface area contributed by atoms with E-state index in [-0.39, 0.29) is 0 Å². The zero-order chi connectivity index (χ0) is 12.8. The molecule has 0 fully saturated rings. The van der Waals surface area contributed by atoms with Gasteiger partial charge in [0.05, 0.1) is 17.9 Å². The lowest BCUT2D eigenvalue weighted by atomic mass is 10.1. The fraction of sp³-hybridized carbons (Fsp3) is 0.462. The number of para-hydroxylation sites is 1. The molecule has 1 rings (SSSR count). The minimum atomic E-state index is -0.517. The number of hydrogen-bond donors (Lipinski definition) is 2. The lowest BCUT2D eigenvalue weighted by Gasteiger charge is -2.12. The van der Waals surface area contributed by atoms with Crippen LogP contribution in [-0.4, -0.2) is 12.5 Å². The van der Waals surface area contributed by atoms with E-state index in [1.165, 1.54) is 0 Å². The van der Waals surface area contributed by atoms with Gasteiger partial charge >= 0.3 is 0 Å². The number of primary amides is 1. The Morgan fingerprint density at radius 3 is 2.71 bits per heavy atom. The van der Waals surface area contributed by atoms with E-state index in [2.05, 4.69) is 13.8 Å². The Bertz CT molecular complexity index is 389. The Morgan fingerprint density at radius 2 is 2.12 bits per heavy atom. The number of carbonyl (C=O) groups excluding carboxylic acids is 1. The predicted molar refractivity (Wildman–Crippen MR) is 68.9 cm³/mol. The number of ether oxygens (including phenoxy) is 1. The summed E-state index contributed by atoms with van der Waals surface area (Å²) in [6.07, 6.45) is 2.02. The number of hydrogen-bond acceptors (Lipinski definition) is 3. The zero-order valence-electron chi connectivity index (χ0n) is 10.4. The predicted octanol–water partition coefficient (Wildman–Crippen LogP) is 2.18. The molecule has 1 aromatic rings. The second kappa shape index (κ2) is 6.13. The molecule has 0 saturated carbocycles. The molecular weight excluding hydrogens is 216 g/mol. The van der Waals surface area contributed by atoms with Crippen LogP contribution in [-0.2, 0) is 0 Å². The normalized spacial score (nSPS) is 10.5. The first kappa shape index (κ1) is 13.4. The van der Waals surface area contributed by atoms with E-state index in [1.54, 1.807) is 18.2 Å². The van der Waals surface area contributed by atoms with Gasteiger partial charge in [0.15, 0.2) is 5.75 Å². The smallest absolute Gasteiger partial charge is 0.252 e. The van der Waals surface area contributed by atoms with E-state index in [1.807, 2.05) is 0 Å². The maximum atomic E-state index is 11.2. The summed E-state index contributed by atoms with van der Waals surface area (Å²) < 4.78 is 5.55. The third-order valence-electron chi connectivity index (χ3n) is 2.48. The van der Waals surface area contributed by atoms with Crippen LogP contribution in [0.2, 0.25) is 0 Å². The van der Waals surface area contributed by atoms with Crippen molar-refractivity contribution >= 4 is 11.6 Å². The standard InChI is InChI=1S/C13H20N2O2/c1-9(2)5-4-8-17-12-10(13(15)16)6-3-7-11(12)14/h3,6-7,9H,4-5,8,14H2,1-2H3,(H2,15,16). The lowest BCUT2D eigenvalue weighted by Crippen LogP contribution is -2.14. The van der Waals surface area contributed by atoms with Crippen LogP contribution in [0.25, 0.3) is 0 Å². The van der Waals surface area contributed by atoms with Crippen molar-refractivity contribution in [3.8, 4) is 5.75 Å². The number of carbonyl (C=O) groups is 1. The number of amides is 1. The Hall–Kier alpha value is -1.71. The Morgan fingerprint density at radius 1 is 1.41 bits per heavy atom. The molecule has 1 aromatic carbocycles. The number of anilines is 1. The van der Waals surface area contributed by atoms with E-state index < -0.39 is 5.91 Å². The molecule has 0 radical (unpaired) electrons. The molecule has 1 amide bonds. The molecule has 4 N–H and O–H groups in total. The quantitative estimate of drug-likeness (QED) is 0.587. The van der Waals surface area contributed by atoms with Crippen LogP contribution >= 0.6 is 0 Å². The first-order valence-electron chi connectivity index (χ1n) is 5.83. The highest BCUT2D eigenvalue weighted by Crippen LogP contribution is 2.26. The van der Waals surface area contributed by atoms with Crippen LogP contribution in [0.5, 0.6) is 5.75 Å². The second-order valence-electron chi connectivity index (χ2n) is 4.47. The third kappa shape index (κ3) is 3.98. The van der Waals surface area contributed by atoms with Crippen LogP contribution in [0, 0.1) is 5.92 Å². The SMILES string of the molecule is CC(C)CCCOc1c(N)cccc1C(N)=O. The summed E-state index contributed by atoms with van der Waals surface area (Å²) in [5.74, 6) is 0.530. The highest BCUT2D eigenvalue weighted by molar-refractivity contribution is 5.97. The summed E-state index contributed by atoms with van der Waals surface area (Å²) in [7, 11) is 0. The highest BCUT2D eigenvalue weighted by Gasteiger charge is 2.12. The summed E-state index contributed by atoms with van der Waals surface area (Å²) in [5, 5.41) is 0. The zero-order valence-corrected chi connectivity index (χ0v) is 10.4.